The standard InChI is InChI=1S/C19H22N4O/c1-23-17-7-3-2-5-15(17)22-18(23)13-21-16-6-4-12-24-19(16)14-8-10-20-11-9-14/h2-3,5,7-11,16,19,21H,4,6,12-13H2,1H3/t16-,19+/m0/s1. The van der Waals surface area contributed by atoms with Crippen LogP contribution < -0.4 is 5.32 Å². The zero-order valence-corrected chi connectivity index (χ0v) is 13.9. The van der Waals surface area contributed by atoms with E-state index < -0.39 is 0 Å². The van der Waals surface area contributed by atoms with Crippen molar-refractivity contribution < 1.29 is 4.74 Å². The molecule has 3 aromatic rings. The molecule has 1 N–H and O–H groups in total. The van der Waals surface area contributed by atoms with Gasteiger partial charge in [-0.3, -0.25) is 4.98 Å². The maximum absolute atomic E-state index is 6.04. The Morgan fingerprint density at radius 1 is 1.21 bits per heavy atom. The average molecular weight is 322 g/mol. The molecule has 0 aliphatic carbocycles. The molecule has 0 bridgehead atoms. The molecule has 5 heteroatoms. The predicted molar refractivity (Wildman–Crippen MR) is 93.5 cm³/mol. The third kappa shape index (κ3) is 2.92. The van der Waals surface area contributed by atoms with Crippen LogP contribution in [0.4, 0.5) is 0 Å². The number of rotatable bonds is 4. The van der Waals surface area contributed by atoms with E-state index in [-0.39, 0.29) is 6.10 Å². The number of imidazole rings is 1. The van der Waals surface area contributed by atoms with E-state index >= 15 is 0 Å². The maximum Gasteiger partial charge on any atom is 0.123 e. The molecule has 1 fully saturated rings. The lowest BCUT2D eigenvalue weighted by Crippen LogP contribution is -2.39. The molecule has 0 radical (unpaired) electrons. The van der Waals surface area contributed by atoms with Crippen LogP contribution in [0.3, 0.4) is 0 Å². The normalized spacial score (nSPS) is 21.2. The van der Waals surface area contributed by atoms with Gasteiger partial charge in [0.1, 0.15) is 5.82 Å². The van der Waals surface area contributed by atoms with Gasteiger partial charge in [-0.15, -0.1) is 0 Å². The highest BCUT2D eigenvalue weighted by Gasteiger charge is 2.27. The smallest absolute Gasteiger partial charge is 0.123 e. The fraction of sp³-hybridized carbons (Fsp3) is 0.368. The summed E-state index contributed by atoms with van der Waals surface area (Å²) in [6, 6.07) is 12.6. The molecule has 0 amide bonds. The molecule has 2 atom stereocenters. The molecule has 4 rings (SSSR count). The summed E-state index contributed by atoms with van der Waals surface area (Å²) in [4.78, 5) is 8.85. The Labute approximate surface area is 141 Å². The first kappa shape index (κ1) is 15.3. The van der Waals surface area contributed by atoms with E-state index in [1.54, 1.807) is 0 Å². The first-order chi connectivity index (χ1) is 11.8. The van der Waals surface area contributed by atoms with Crippen molar-refractivity contribution in [3.05, 3.63) is 60.2 Å². The molecule has 0 spiro atoms. The van der Waals surface area contributed by atoms with Crippen molar-refractivity contribution in [3.63, 3.8) is 0 Å². The molecule has 124 valence electrons. The van der Waals surface area contributed by atoms with Crippen molar-refractivity contribution in [1.29, 1.82) is 0 Å². The van der Waals surface area contributed by atoms with Crippen LogP contribution >= 0.6 is 0 Å². The Morgan fingerprint density at radius 3 is 2.88 bits per heavy atom. The lowest BCUT2D eigenvalue weighted by atomic mass is 9.96. The summed E-state index contributed by atoms with van der Waals surface area (Å²) in [5.74, 6) is 1.05. The van der Waals surface area contributed by atoms with Crippen molar-refractivity contribution in [2.45, 2.75) is 31.5 Å². The lowest BCUT2D eigenvalue weighted by Gasteiger charge is -2.32. The number of ether oxygens (including phenoxy) is 1. The number of pyridine rings is 1. The van der Waals surface area contributed by atoms with Gasteiger partial charge >= 0.3 is 0 Å². The maximum atomic E-state index is 6.04. The van der Waals surface area contributed by atoms with Gasteiger partial charge in [0.05, 0.1) is 23.7 Å². The van der Waals surface area contributed by atoms with Crippen molar-refractivity contribution in [1.82, 2.24) is 19.9 Å². The van der Waals surface area contributed by atoms with Gasteiger partial charge < -0.3 is 14.6 Å². The number of aryl methyl sites for hydroxylation is 1. The van der Waals surface area contributed by atoms with Gasteiger partial charge in [0, 0.05) is 32.1 Å². The summed E-state index contributed by atoms with van der Waals surface area (Å²) in [6.07, 6.45) is 5.93. The number of para-hydroxylation sites is 2. The van der Waals surface area contributed by atoms with E-state index in [4.69, 9.17) is 9.72 Å². The van der Waals surface area contributed by atoms with Crippen LogP contribution in [-0.2, 0) is 18.3 Å². The second-order valence-corrected chi connectivity index (χ2v) is 6.28. The van der Waals surface area contributed by atoms with Crippen LogP contribution in [0.1, 0.15) is 30.3 Å². The predicted octanol–water partition coefficient (Wildman–Crippen LogP) is 2.98. The van der Waals surface area contributed by atoms with Gasteiger partial charge in [-0.2, -0.15) is 0 Å². The zero-order chi connectivity index (χ0) is 16.4. The zero-order valence-electron chi connectivity index (χ0n) is 13.9. The first-order valence-electron chi connectivity index (χ1n) is 8.48. The lowest BCUT2D eigenvalue weighted by molar-refractivity contribution is -0.0114. The van der Waals surface area contributed by atoms with Gasteiger partial charge in [-0.1, -0.05) is 12.1 Å². The fourth-order valence-electron chi connectivity index (χ4n) is 3.45. The van der Waals surface area contributed by atoms with Gasteiger partial charge in [0.2, 0.25) is 0 Å². The number of hydrogen-bond donors (Lipinski definition) is 1. The highest BCUT2D eigenvalue weighted by Crippen LogP contribution is 2.28. The molecule has 3 heterocycles. The van der Waals surface area contributed by atoms with Gasteiger partial charge in [0.25, 0.3) is 0 Å². The molecule has 2 aromatic heterocycles. The molecule has 1 aliphatic rings. The van der Waals surface area contributed by atoms with Gasteiger partial charge in [0.15, 0.2) is 0 Å². The third-order valence-electron chi connectivity index (χ3n) is 4.76. The minimum atomic E-state index is 0.0800. The van der Waals surface area contributed by atoms with E-state index in [2.05, 4.69) is 40.1 Å². The minimum absolute atomic E-state index is 0.0800. The molecule has 1 aromatic carbocycles. The van der Waals surface area contributed by atoms with Crippen molar-refractivity contribution in [2.75, 3.05) is 6.61 Å². The van der Waals surface area contributed by atoms with Crippen molar-refractivity contribution in [3.8, 4) is 0 Å². The Morgan fingerprint density at radius 2 is 2.04 bits per heavy atom. The summed E-state index contributed by atoms with van der Waals surface area (Å²) in [5.41, 5.74) is 3.40. The second-order valence-electron chi connectivity index (χ2n) is 6.28. The number of fused-ring (bicyclic) bond motifs is 1. The Hall–Kier alpha value is -2.24. The second kappa shape index (κ2) is 6.71. The van der Waals surface area contributed by atoms with E-state index in [0.717, 1.165) is 37.3 Å². The van der Waals surface area contributed by atoms with Crippen LogP contribution in [-0.4, -0.2) is 27.2 Å². The van der Waals surface area contributed by atoms with E-state index in [0.29, 0.717) is 6.04 Å². The fourth-order valence-corrected chi connectivity index (χ4v) is 3.45. The van der Waals surface area contributed by atoms with Crippen LogP contribution in [0.5, 0.6) is 0 Å². The third-order valence-corrected chi connectivity index (χ3v) is 4.76. The molecule has 1 aliphatic heterocycles. The topological polar surface area (TPSA) is 52.0 Å². The molecular weight excluding hydrogens is 300 g/mol. The summed E-state index contributed by atoms with van der Waals surface area (Å²) in [6.45, 7) is 1.55. The average Bonchev–Trinajstić information content (AvgIpc) is 2.97. The molecule has 0 unspecified atom stereocenters. The Bertz CT molecular complexity index is 815. The number of nitrogens with zero attached hydrogens (tertiary/aromatic N) is 3. The molecular formula is C19H22N4O. The first-order valence-corrected chi connectivity index (χ1v) is 8.48. The minimum Gasteiger partial charge on any atom is -0.372 e. The van der Waals surface area contributed by atoms with Crippen LogP contribution in [0.25, 0.3) is 11.0 Å². The Kier molecular flexibility index (Phi) is 4.28. The number of benzene rings is 1. The molecule has 24 heavy (non-hydrogen) atoms. The van der Waals surface area contributed by atoms with Crippen LogP contribution in [0.2, 0.25) is 0 Å². The van der Waals surface area contributed by atoms with E-state index in [1.165, 1.54) is 11.1 Å². The summed E-state index contributed by atoms with van der Waals surface area (Å²) < 4.78 is 8.20. The van der Waals surface area contributed by atoms with Crippen molar-refractivity contribution in [2.24, 2.45) is 7.05 Å². The molecule has 1 saturated heterocycles. The van der Waals surface area contributed by atoms with Gasteiger partial charge in [-0.25, -0.2) is 4.98 Å². The van der Waals surface area contributed by atoms with E-state index in [9.17, 15) is 0 Å². The molecule has 0 saturated carbocycles. The van der Waals surface area contributed by atoms with E-state index in [1.807, 2.05) is 30.6 Å². The van der Waals surface area contributed by atoms with Gasteiger partial charge in [-0.05, 0) is 42.7 Å². The van der Waals surface area contributed by atoms with Crippen LogP contribution in [0.15, 0.2) is 48.8 Å². The number of nitrogens with one attached hydrogen (secondary N) is 1. The number of aromatic nitrogens is 3. The highest BCUT2D eigenvalue weighted by atomic mass is 16.5. The summed E-state index contributed by atoms with van der Waals surface area (Å²) in [7, 11) is 2.07. The largest absolute Gasteiger partial charge is 0.372 e. The SMILES string of the molecule is Cn1c(CN[C@H]2CCCO[C@@H]2c2ccncc2)nc2ccccc21. The Balaban J connectivity index is 1.51. The van der Waals surface area contributed by atoms with Crippen LogP contribution in [0, 0.1) is 0 Å². The monoisotopic (exact) mass is 322 g/mol. The summed E-state index contributed by atoms with van der Waals surface area (Å²) in [5, 5.41) is 3.66. The summed E-state index contributed by atoms with van der Waals surface area (Å²) >= 11 is 0. The quantitative estimate of drug-likeness (QED) is 0.802. The molecule has 5 nitrogen and oxygen atoms in total. The number of hydrogen-bond acceptors (Lipinski definition) is 4. The van der Waals surface area contributed by atoms with Crippen molar-refractivity contribution >= 4 is 11.0 Å². The highest BCUT2D eigenvalue weighted by molar-refractivity contribution is 5.75.